The van der Waals surface area contributed by atoms with Crippen molar-refractivity contribution in [1.82, 2.24) is 5.32 Å². The zero-order valence-electron chi connectivity index (χ0n) is 10.1. The van der Waals surface area contributed by atoms with Crippen molar-refractivity contribution in [3.8, 4) is 0 Å². The summed E-state index contributed by atoms with van der Waals surface area (Å²) in [6.45, 7) is 4.72. The highest BCUT2D eigenvalue weighted by Gasteiger charge is 2.32. The molecule has 1 N–H and O–H groups in total. The van der Waals surface area contributed by atoms with Crippen LogP contribution in [0.3, 0.4) is 0 Å². The molecule has 4 nitrogen and oxygen atoms in total. The van der Waals surface area contributed by atoms with E-state index in [0.29, 0.717) is 18.7 Å². The predicted octanol–water partition coefficient (Wildman–Crippen LogP) is 1.57. The molecule has 0 aliphatic carbocycles. The number of rotatable bonds is 3. The molecule has 92 valence electrons. The van der Waals surface area contributed by atoms with Gasteiger partial charge < -0.3 is 14.8 Å². The van der Waals surface area contributed by atoms with Crippen molar-refractivity contribution in [2.75, 3.05) is 13.2 Å². The number of amides is 1. The lowest BCUT2D eigenvalue weighted by atomic mass is 10.2. The average Bonchev–Trinajstić information content (AvgIpc) is 2.67. The second kappa shape index (κ2) is 4.85. The molecule has 1 heterocycles. The quantitative estimate of drug-likeness (QED) is 0.865. The molecular weight excluding hydrogens is 218 g/mol. The van der Waals surface area contributed by atoms with Crippen LogP contribution < -0.4 is 5.32 Å². The van der Waals surface area contributed by atoms with Crippen LogP contribution in [0.25, 0.3) is 0 Å². The van der Waals surface area contributed by atoms with Crippen molar-refractivity contribution in [2.45, 2.75) is 25.7 Å². The van der Waals surface area contributed by atoms with Gasteiger partial charge in [-0.3, -0.25) is 4.79 Å². The van der Waals surface area contributed by atoms with Crippen LogP contribution in [-0.2, 0) is 9.47 Å². The summed E-state index contributed by atoms with van der Waals surface area (Å²) >= 11 is 0. The zero-order chi connectivity index (χ0) is 12.3. The summed E-state index contributed by atoms with van der Waals surface area (Å²) in [6, 6.07) is 9.13. The van der Waals surface area contributed by atoms with E-state index in [2.05, 4.69) is 5.32 Å². The first kappa shape index (κ1) is 12.1. The Morgan fingerprint density at radius 1 is 1.41 bits per heavy atom. The largest absolute Gasteiger partial charge is 0.349 e. The normalized spacial score (nSPS) is 22.4. The molecule has 1 atom stereocenters. The number of hydrogen-bond acceptors (Lipinski definition) is 3. The van der Waals surface area contributed by atoms with E-state index in [9.17, 15) is 4.79 Å². The van der Waals surface area contributed by atoms with E-state index >= 15 is 0 Å². The second-order valence-corrected chi connectivity index (χ2v) is 4.53. The van der Waals surface area contributed by atoms with E-state index in [1.165, 1.54) is 0 Å². The SMILES string of the molecule is CC1(C)OC[C@H](CNC(=O)c2ccccc2)O1. The second-order valence-electron chi connectivity index (χ2n) is 4.53. The van der Waals surface area contributed by atoms with Gasteiger partial charge in [0.1, 0.15) is 6.10 Å². The van der Waals surface area contributed by atoms with Gasteiger partial charge in [0.2, 0.25) is 0 Å². The van der Waals surface area contributed by atoms with Gasteiger partial charge in [-0.25, -0.2) is 0 Å². The van der Waals surface area contributed by atoms with Gasteiger partial charge in [0, 0.05) is 12.1 Å². The molecule has 0 bridgehead atoms. The van der Waals surface area contributed by atoms with Gasteiger partial charge in [-0.05, 0) is 26.0 Å². The molecule has 1 aromatic rings. The van der Waals surface area contributed by atoms with Crippen LogP contribution in [0, 0.1) is 0 Å². The van der Waals surface area contributed by atoms with Gasteiger partial charge in [0.25, 0.3) is 5.91 Å². The van der Waals surface area contributed by atoms with Crippen LogP contribution in [0.1, 0.15) is 24.2 Å². The van der Waals surface area contributed by atoms with E-state index in [4.69, 9.17) is 9.47 Å². The fourth-order valence-corrected chi connectivity index (χ4v) is 1.76. The fourth-order valence-electron chi connectivity index (χ4n) is 1.76. The lowest BCUT2D eigenvalue weighted by Crippen LogP contribution is -2.34. The number of hydrogen-bond donors (Lipinski definition) is 1. The standard InChI is InChI=1S/C13H17NO3/c1-13(2)16-9-11(17-13)8-14-12(15)10-6-4-3-5-7-10/h3-7,11H,8-9H2,1-2H3,(H,14,15)/t11-/m0/s1. The van der Waals surface area contributed by atoms with Crippen LogP contribution in [0.15, 0.2) is 30.3 Å². The molecule has 1 fully saturated rings. The molecule has 4 heteroatoms. The van der Waals surface area contributed by atoms with Crippen LogP contribution >= 0.6 is 0 Å². The number of benzene rings is 1. The molecule has 0 aromatic heterocycles. The highest BCUT2D eigenvalue weighted by atomic mass is 16.7. The molecule has 1 aromatic carbocycles. The van der Waals surface area contributed by atoms with Crippen LogP contribution in [0.5, 0.6) is 0 Å². The Bertz CT molecular complexity index is 389. The van der Waals surface area contributed by atoms with E-state index < -0.39 is 5.79 Å². The summed E-state index contributed by atoms with van der Waals surface area (Å²) in [5, 5.41) is 2.83. The Labute approximate surface area is 101 Å². The summed E-state index contributed by atoms with van der Waals surface area (Å²) in [6.07, 6.45) is -0.0716. The molecule has 2 rings (SSSR count). The zero-order valence-corrected chi connectivity index (χ0v) is 10.1. The minimum absolute atomic E-state index is 0.0716. The number of carbonyl (C=O) groups excluding carboxylic acids is 1. The summed E-state index contributed by atoms with van der Waals surface area (Å²) in [4.78, 5) is 11.8. The highest BCUT2D eigenvalue weighted by Crippen LogP contribution is 2.21. The van der Waals surface area contributed by atoms with Gasteiger partial charge in [0.15, 0.2) is 5.79 Å². The topological polar surface area (TPSA) is 47.6 Å². The maximum atomic E-state index is 11.8. The number of ether oxygens (including phenoxy) is 2. The Kier molecular flexibility index (Phi) is 3.45. The van der Waals surface area contributed by atoms with Crippen molar-refractivity contribution >= 4 is 5.91 Å². The summed E-state index contributed by atoms with van der Waals surface area (Å²) in [5.74, 6) is -0.624. The maximum Gasteiger partial charge on any atom is 0.251 e. The third-order valence-electron chi connectivity index (χ3n) is 2.59. The Balaban J connectivity index is 1.82. The molecule has 1 aliphatic rings. The Morgan fingerprint density at radius 2 is 2.12 bits per heavy atom. The molecule has 1 saturated heterocycles. The monoisotopic (exact) mass is 235 g/mol. The maximum absolute atomic E-state index is 11.8. The van der Waals surface area contributed by atoms with Crippen LogP contribution in [0.4, 0.5) is 0 Å². The summed E-state index contributed by atoms with van der Waals surface area (Å²) < 4.78 is 11.0. The molecular formula is C13H17NO3. The minimum Gasteiger partial charge on any atom is -0.349 e. The first-order chi connectivity index (χ1) is 8.07. The Hall–Kier alpha value is -1.39. The van der Waals surface area contributed by atoms with Crippen molar-refractivity contribution in [2.24, 2.45) is 0 Å². The first-order valence-corrected chi connectivity index (χ1v) is 5.72. The van der Waals surface area contributed by atoms with Crippen molar-refractivity contribution in [1.29, 1.82) is 0 Å². The minimum atomic E-state index is -0.540. The van der Waals surface area contributed by atoms with E-state index in [0.717, 1.165) is 0 Å². The molecule has 1 amide bonds. The molecule has 0 spiro atoms. The molecule has 0 unspecified atom stereocenters. The van der Waals surface area contributed by atoms with Crippen LogP contribution in [0.2, 0.25) is 0 Å². The van der Waals surface area contributed by atoms with E-state index in [1.807, 2.05) is 32.0 Å². The van der Waals surface area contributed by atoms with Gasteiger partial charge in [-0.2, -0.15) is 0 Å². The van der Waals surface area contributed by atoms with Gasteiger partial charge in [0.05, 0.1) is 6.61 Å². The predicted molar refractivity (Wildman–Crippen MR) is 63.7 cm³/mol. The van der Waals surface area contributed by atoms with Crippen molar-refractivity contribution in [3.63, 3.8) is 0 Å². The average molecular weight is 235 g/mol. The van der Waals surface area contributed by atoms with Crippen molar-refractivity contribution in [3.05, 3.63) is 35.9 Å². The summed E-state index contributed by atoms with van der Waals surface area (Å²) in [5.41, 5.74) is 0.658. The van der Waals surface area contributed by atoms with E-state index in [-0.39, 0.29) is 12.0 Å². The smallest absolute Gasteiger partial charge is 0.251 e. The first-order valence-electron chi connectivity index (χ1n) is 5.72. The van der Waals surface area contributed by atoms with Gasteiger partial charge in [-0.1, -0.05) is 18.2 Å². The molecule has 0 radical (unpaired) electrons. The third kappa shape index (κ3) is 3.28. The molecule has 0 saturated carbocycles. The summed E-state index contributed by atoms with van der Waals surface area (Å²) in [7, 11) is 0. The molecule has 17 heavy (non-hydrogen) atoms. The lowest BCUT2D eigenvalue weighted by Gasteiger charge is -2.17. The third-order valence-corrected chi connectivity index (χ3v) is 2.59. The van der Waals surface area contributed by atoms with E-state index in [1.54, 1.807) is 12.1 Å². The number of carbonyl (C=O) groups is 1. The van der Waals surface area contributed by atoms with Crippen LogP contribution in [-0.4, -0.2) is 30.9 Å². The van der Waals surface area contributed by atoms with Crippen molar-refractivity contribution < 1.29 is 14.3 Å². The highest BCUT2D eigenvalue weighted by molar-refractivity contribution is 5.94. The molecule has 1 aliphatic heterocycles. The lowest BCUT2D eigenvalue weighted by molar-refractivity contribution is -0.137. The Morgan fingerprint density at radius 3 is 2.71 bits per heavy atom. The number of nitrogens with one attached hydrogen (secondary N) is 1. The van der Waals surface area contributed by atoms with Gasteiger partial charge in [-0.15, -0.1) is 0 Å². The fraction of sp³-hybridized carbons (Fsp3) is 0.462. The van der Waals surface area contributed by atoms with Gasteiger partial charge >= 0.3 is 0 Å².